The van der Waals surface area contributed by atoms with E-state index in [9.17, 15) is 0 Å². The number of hydrogen-bond acceptors (Lipinski definition) is 2. The fourth-order valence-electron chi connectivity index (χ4n) is 3.39. The topological polar surface area (TPSA) is 0 Å². The second-order valence-corrected chi connectivity index (χ2v) is 17.8. The Kier molecular flexibility index (Phi) is 11.4. The van der Waals surface area contributed by atoms with Crippen LogP contribution in [0.15, 0.2) is 107 Å². The van der Waals surface area contributed by atoms with E-state index in [2.05, 4.69) is 130 Å². The minimum absolute atomic E-state index is 0.920. The molecule has 0 radical (unpaired) electrons. The van der Waals surface area contributed by atoms with Gasteiger partial charge in [-0.2, -0.15) is 0 Å². The maximum atomic E-state index is 4.23. The number of benzene rings is 4. The van der Waals surface area contributed by atoms with Crippen molar-refractivity contribution in [3.63, 3.8) is 0 Å². The molecule has 0 unspecified atom stereocenters. The van der Waals surface area contributed by atoms with Crippen molar-refractivity contribution in [3.05, 3.63) is 130 Å². The summed E-state index contributed by atoms with van der Waals surface area (Å²) in [5.74, 6) is 14.0. The maximum absolute atomic E-state index is 4.23. The monoisotopic (exact) mass is 548 g/mol. The minimum Gasteiger partial charge on any atom is -0.143 e. The minimum atomic E-state index is -0.920. The SMILES string of the molecule is Cc1cccc(C#Cc2ccc(S)cc2)c1.Cc1cccc(C#Cc2ccc(SCC[Si](C)(C)C)cc2)c1. The van der Waals surface area contributed by atoms with Gasteiger partial charge < -0.3 is 0 Å². The second-order valence-electron chi connectivity index (χ2n) is 10.5. The number of hydrogen-bond donors (Lipinski definition) is 1. The Morgan fingerprint density at radius 3 is 1.50 bits per heavy atom. The number of thiol groups is 1. The van der Waals surface area contributed by atoms with E-state index < -0.39 is 8.07 Å². The lowest BCUT2D eigenvalue weighted by molar-refractivity contribution is 1.35. The summed E-state index contributed by atoms with van der Waals surface area (Å²) in [7, 11) is -0.920. The molecule has 192 valence electrons. The van der Waals surface area contributed by atoms with E-state index >= 15 is 0 Å². The molecule has 38 heavy (non-hydrogen) atoms. The highest BCUT2D eigenvalue weighted by Gasteiger charge is 2.12. The molecule has 0 amide bonds. The van der Waals surface area contributed by atoms with Crippen LogP contribution in [0.25, 0.3) is 0 Å². The normalized spacial score (nSPS) is 10.3. The lowest BCUT2D eigenvalue weighted by Crippen LogP contribution is -2.19. The molecule has 0 aromatic heterocycles. The van der Waals surface area contributed by atoms with Crippen molar-refractivity contribution >= 4 is 32.5 Å². The van der Waals surface area contributed by atoms with Gasteiger partial charge in [-0.05, 0) is 110 Å². The lowest BCUT2D eigenvalue weighted by Gasteiger charge is -2.14. The van der Waals surface area contributed by atoms with Crippen molar-refractivity contribution in [2.75, 3.05) is 5.75 Å². The van der Waals surface area contributed by atoms with Crippen molar-refractivity contribution < 1.29 is 0 Å². The van der Waals surface area contributed by atoms with Gasteiger partial charge in [0.1, 0.15) is 0 Å². The Balaban J connectivity index is 0.000000221. The first-order chi connectivity index (χ1) is 18.2. The fourth-order valence-corrected chi connectivity index (χ4v) is 6.96. The van der Waals surface area contributed by atoms with Crippen LogP contribution in [0, 0.1) is 37.5 Å². The molecule has 3 heteroatoms. The van der Waals surface area contributed by atoms with Gasteiger partial charge in [0.25, 0.3) is 0 Å². The van der Waals surface area contributed by atoms with Gasteiger partial charge in [0.2, 0.25) is 0 Å². The molecule has 0 bridgehead atoms. The number of thioether (sulfide) groups is 1. The molecule has 0 nitrogen and oxygen atoms in total. The van der Waals surface area contributed by atoms with Gasteiger partial charge in [0, 0.05) is 40.1 Å². The molecule has 0 saturated carbocycles. The Morgan fingerprint density at radius 1 is 0.605 bits per heavy atom. The largest absolute Gasteiger partial charge is 0.143 e. The average Bonchev–Trinajstić information content (AvgIpc) is 2.88. The zero-order chi connectivity index (χ0) is 27.4. The summed E-state index contributed by atoms with van der Waals surface area (Å²) in [4.78, 5) is 2.31. The third-order valence-electron chi connectivity index (χ3n) is 5.58. The molecule has 4 aromatic rings. The van der Waals surface area contributed by atoms with E-state index in [0.29, 0.717) is 0 Å². The molecule has 0 heterocycles. The Hall–Kier alpha value is -3.08. The van der Waals surface area contributed by atoms with E-state index in [4.69, 9.17) is 0 Å². The van der Waals surface area contributed by atoms with Crippen LogP contribution < -0.4 is 0 Å². The van der Waals surface area contributed by atoms with Crippen LogP contribution in [-0.4, -0.2) is 13.8 Å². The predicted octanol–water partition coefficient (Wildman–Crippen LogP) is 9.51. The molecule has 0 aliphatic carbocycles. The third-order valence-corrected chi connectivity index (χ3v) is 9.01. The van der Waals surface area contributed by atoms with Crippen LogP contribution in [-0.2, 0) is 0 Å². The van der Waals surface area contributed by atoms with Gasteiger partial charge in [-0.1, -0.05) is 67.6 Å². The fraction of sp³-hybridized carbons (Fsp3) is 0.200. The van der Waals surface area contributed by atoms with Gasteiger partial charge in [-0.15, -0.1) is 24.4 Å². The van der Waals surface area contributed by atoms with E-state index in [-0.39, 0.29) is 0 Å². The standard InChI is InChI=1S/C20H24SSi.C15H12S/c1-17-6-5-7-19(16-17)9-8-18-10-12-20(13-11-18)21-14-15-22(2,3)4;1-12-3-2-4-14(11-12)6-5-13-7-9-15(16)10-8-13/h5-7,10-13,16H,14-15H2,1-4H3;2-4,7-11,16H,1H3. The molecule has 0 spiro atoms. The van der Waals surface area contributed by atoms with E-state index in [1.165, 1.54) is 27.8 Å². The first-order valence-electron chi connectivity index (χ1n) is 12.9. The van der Waals surface area contributed by atoms with Crippen LogP contribution in [0.5, 0.6) is 0 Å². The van der Waals surface area contributed by atoms with Crippen LogP contribution in [0.1, 0.15) is 33.4 Å². The van der Waals surface area contributed by atoms with Crippen LogP contribution in [0.3, 0.4) is 0 Å². The molecule has 0 atom stereocenters. The number of rotatable bonds is 4. The summed E-state index contributed by atoms with van der Waals surface area (Å²) < 4.78 is 0. The molecule has 0 N–H and O–H groups in total. The van der Waals surface area contributed by atoms with Gasteiger partial charge in [0.15, 0.2) is 0 Å². The summed E-state index contributed by atoms with van der Waals surface area (Å²) >= 11 is 6.19. The van der Waals surface area contributed by atoms with E-state index in [0.717, 1.165) is 27.1 Å². The summed E-state index contributed by atoms with van der Waals surface area (Å²) in [5.41, 5.74) is 6.71. The highest BCUT2D eigenvalue weighted by atomic mass is 32.2. The first kappa shape index (κ1) is 29.5. The van der Waals surface area contributed by atoms with Gasteiger partial charge in [-0.25, -0.2) is 0 Å². The molecule has 4 aromatic carbocycles. The predicted molar refractivity (Wildman–Crippen MR) is 173 cm³/mol. The van der Waals surface area contributed by atoms with Crippen LogP contribution in [0.4, 0.5) is 0 Å². The Bertz CT molecular complexity index is 1440. The summed E-state index contributed by atoms with van der Waals surface area (Å²) in [6, 6.07) is 34.4. The lowest BCUT2D eigenvalue weighted by atomic mass is 10.1. The van der Waals surface area contributed by atoms with Gasteiger partial charge in [-0.3, -0.25) is 0 Å². The summed E-state index contributed by atoms with van der Waals surface area (Å²) in [5, 5.41) is 0. The van der Waals surface area contributed by atoms with E-state index in [1.54, 1.807) is 0 Å². The zero-order valence-electron chi connectivity index (χ0n) is 23.0. The molecular weight excluding hydrogens is 513 g/mol. The molecule has 0 aliphatic rings. The Morgan fingerprint density at radius 2 is 1.05 bits per heavy atom. The van der Waals surface area contributed by atoms with E-state index in [1.807, 2.05) is 48.2 Å². The smallest absolute Gasteiger partial charge is 0.0450 e. The molecule has 0 fully saturated rings. The highest BCUT2D eigenvalue weighted by Crippen LogP contribution is 2.22. The zero-order valence-corrected chi connectivity index (χ0v) is 25.7. The quantitative estimate of drug-likeness (QED) is 0.115. The third kappa shape index (κ3) is 11.5. The molecule has 4 rings (SSSR count). The Labute approximate surface area is 240 Å². The van der Waals surface area contributed by atoms with Gasteiger partial charge >= 0.3 is 0 Å². The molecular formula is C35H36S2Si. The van der Waals surface area contributed by atoms with Gasteiger partial charge in [0.05, 0.1) is 0 Å². The summed E-state index contributed by atoms with van der Waals surface area (Å²) in [6.07, 6.45) is 0. The van der Waals surface area contributed by atoms with Crippen molar-refractivity contribution in [1.82, 2.24) is 0 Å². The first-order valence-corrected chi connectivity index (χ1v) is 18.0. The average molecular weight is 549 g/mol. The molecule has 0 aliphatic heterocycles. The van der Waals surface area contributed by atoms with Crippen molar-refractivity contribution in [2.24, 2.45) is 0 Å². The second kappa shape index (κ2) is 14.7. The summed E-state index contributed by atoms with van der Waals surface area (Å²) in [6.45, 7) is 11.4. The van der Waals surface area contributed by atoms with Crippen molar-refractivity contribution in [3.8, 4) is 23.7 Å². The number of aryl methyl sites for hydroxylation is 2. The van der Waals surface area contributed by atoms with Crippen molar-refractivity contribution in [1.29, 1.82) is 0 Å². The highest BCUT2D eigenvalue weighted by molar-refractivity contribution is 7.99. The van der Waals surface area contributed by atoms with Crippen LogP contribution >= 0.6 is 24.4 Å². The van der Waals surface area contributed by atoms with Crippen LogP contribution in [0.2, 0.25) is 25.7 Å². The van der Waals surface area contributed by atoms with Crippen molar-refractivity contribution in [2.45, 2.75) is 49.3 Å². The maximum Gasteiger partial charge on any atom is 0.0450 e. The molecule has 0 saturated heterocycles.